The molecule has 4 rings (SSSR count). The Bertz CT molecular complexity index is 946. The summed E-state index contributed by atoms with van der Waals surface area (Å²) >= 11 is 0. The first kappa shape index (κ1) is 23.3. The minimum atomic E-state index is -0.797. The molecule has 2 aromatic carbocycles. The molecule has 0 spiro atoms. The minimum absolute atomic E-state index is 0.175. The molecule has 2 aliphatic heterocycles. The number of benzene rings is 2. The molecule has 6 heteroatoms. The van der Waals surface area contributed by atoms with Crippen LogP contribution in [0.25, 0.3) is 0 Å². The van der Waals surface area contributed by atoms with Gasteiger partial charge in [-0.15, -0.1) is 0 Å². The lowest BCUT2D eigenvalue weighted by Gasteiger charge is -2.33. The lowest BCUT2D eigenvalue weighted by atomic mass is 9.82. The second kappa shape index (κ2) is 10.4. The summed E-state index contributed by atoms with van der Waals surface area (Å²) in [6.45, 7) is 7.01. The zero-order chi connectivity index (χ0) is 23.4. The molecule has 176 valence electrons. The number of unbranched alkanes of at least 4 members (excludes halogenated alkanes) is 1. The third kappa shape index (κ3) is 4.49. The summed E-state index contributed by atoms with van der Waals surface area (Å²) in [6, 6.07) is 16.8. The fourth-order valence-electron chi connectivity index (χ4n) is 4.98. The van der Waals surface area contributed by atoms with Crippen molar-refractivity contribution in [1.82, 2.24) is 0 Å². The monoisotopic (exact) mass is 450 g/mol. The van der Waals surface area contributed by atoms with E-state index < -0.39 is 12.0 Å². The first-order valence-electron chi connectivity index (χ1n) is 12.2. The van der Waals surface area contributed by atoms with Gasteiger partial charge in [0.1, 0.15) is 5.75 Å². The average molecular weight is 451 g/mol. The van der Waals surface area contributed by atoms with Crippen LogP contribution >= 0.6 is 0 Å². The summed E-state index contributed by atoms with van der Waals surface area (Å²) in [5.41, 5.74) is 1.45. The molecule has 0 aliphatic carbocycles. The topological polar surface area (TPSA) is 59.1 Å². The molecule has 2 fully saturated rings. The van der Waals surface area contributed by atoms with E-state index in [1.165, 1.54) is 4.90 Å². The van der Waals surface area contributed by atoms with Gasteiger partial charge in [0.25, 0.3) is 5.91 Å². The molecule has 2 amide bonds. The van der Waals surface area contributed by atoms with Gasteiger partial charge in [0.2, 0.25) is 5.91 Å². The van der Waals surface area contributed by atoms with Gasteiger partial charge in [0.15, 0.2) is 6.10 Å². The van der Waals surface area contributed by atoms with Gasteiger partial charge in [-0.2, -0.15) is 0 Å². The number of para-hydroxylation sites is 1. The molecule has 0 saturated carbocycles. The average Bonchev–Trinajstić information content (AvgIpc) is 3.35. The van der Waals surface area contributed by atoms with Crippen LogP contribution in [0.5, 0.6) is 5.75 Å². The molecule has 2 heterocycles. The number of imide groups is 1. The number of hydrogen-bond donors (Lipinski definition) is 0. The van der Waals surface area contributed by atoms with Crippen LogP contribution in [-0.4, -0.2) is 30.6 Å². The summed E-state index contributed by atoms with van der Waals surface area (Å²) in [5, 5.41) is 1.84. The third-order valence-corrected chi connectivity index (χ3v) is 6.68. The van der Waals surface area contributed by atoms with Crippen LogP contribution in [0.3, 0.4) is 0 Å². The fraction of sp³-hybridized carbons (Fsp3) is 0.481. The van der Waals surface area contributed by atoms with Crippen molar-refractivity contribution in [2.75, 3.05) is 16.6 Å². The smallest absolute Gasteiger partial charge is 0.266 e. The molecule has 33 heavy (non-hydrogen) atoms. The number of hydrogen-bond acceptors (Lipinski definition) is 5. The van der Waals surface area contributed by atoms with Crippen molar-refractivity contribution >= 4 is 23.2 Å². The molecule has 2 saturated heterocycles. The van der Waals surface area contributed by atoms with Gasteiger partial charge in [0, 0.05) is 0 Å². The third-order valence-electron chi connectivity index (χ3n) is 6.68. The Morgan fingerprint density at radius 3 is 2.27 bits per heavy atom. The number of carbonyl (C=O) groups is 2. The van der Waals surface area contributed by atoms with Crippen LogP contribution in [0, 0.1) is 11.8 Å². The highest BCUT2D eigenvalue weighted by atomic mass is 16.7. The molecule has 0 radical (unpaired) electrons. The van der Waals surface area contributed by atoms with Gasteiger partial charge in [0.05, 0.1) is 29.9 Å². The molecule has 0 N–H and O–H groups in total. The number of hydroxylamine groups is 1. The van der Waals surface area contributed by atoms with Gasteiger partial charge in [-0.3, -0.25) is 14.4 Å². The number of amides is 2. The van der Waals surface area contributed by atoms with Crippen molar-refractivity contribution in [2.45, 2.75) is 65.0 Å². The number of rotatable bonds is 10. The lowest BCUT2D eigenvalue weighted by Crippen LogP contribution is -2.44. The van der Waals surface area contributed by atoms with Crippen LogP contribution in [0.2, 0.25) is 0 Å². The number of carbonyl (C=O) groups excluding carboxylic acids is 2. The van der Waals surface area contributed by atoms with Crippen LogP contribution in [0.4, 0.5) is 11.4 Å². The first-order chi connectivity index (χ1) is 16.1. The molecule has 0 unspecified atom stereocenters. The first-order valence-corrected chi connectivity index (χ1v) is 12.2. The molecule has 0 bridgehead atoms. The number of ether oxygens (including phenoxy) is 1. The van der Waals surface area contributed by atoms with E-state index in [2.05, 4.69) is 13.8 Å². The number of fused-ring (bicyclic) bond motifs is 1. The van der Waals surface area contributed by atoms with Crippen LogP contribution in [0.1, 0.15) is 52.9 Å². The predicted molar refractivity (Wildman–Crippen MR) is 129 cm³/mol. The van der Waals surface area contributed by atoms with E-state index in [0.29, 0.717) is 12.3 Å². The molecular weight excluding hydrogens is 416 g/mol. The van der Waals surface area contributed by atoms with E-state index in [-0.39, 0.29) is 23.8 Å². The summed E-state index contributed by atoms with van der Waals surface area (Å²) in [7, 11) is 0. The van der Waals surface area contributed by atoms with E-state index in [4.69, 9.17) is 9.57 Å². The zero-order valence-electron chi connectivity index (χ0n) is 19.8. The van der Waals surface area contributed by atoms with E-state index in [1.807, 2.05) is 54.5 Å². The lowest BCUT2D eigenvalue weighted by molar-refractivity contribution is -0.126. The molecule has 2 aromatic rings. The SMILES string of the molecule is CCCC[C@H](CC)[C@@H]1[C@H]2C(=O)N(c3ccc(OCCC)cc3)C(=O)[C@@H]2ON1c1ccccc1. The van der Waals surface area contributed by atoms with Gasteiger partial charge >= 0.3 is 0 Å². The predicted octanol–water partition coefficient (Wildman–Crippen LogP) is 5.37. The second-order valence-corrected chi connectivity index (χ2v) is 8.87. The van der Waals surface area contributed by atoms with Gasteiger partial charge < -0.3 is 4.74 Å². The maximum absolute atomic E-state index is 13.7. The van der Waals surface area contributed by atoms with Crippen molar-refractivity contribution in [1.29, 1.82) is 0 Å². The number of nitrogens with zero attached hydrogens (tertiary/aromatic N) is 2. The fourth-order valence-corrected chi connectivity index (χ4v) is 4.98. The Balaban J connectivity index is 1.64. The van der Waals surface area contributed by atoms with Crippen LogP contribution < -0.4 is 14.7 Å². The Morgan fingerprint density at radius 1 is 0.909 bits per heavy atom. The zero-order valence-corrected chi connectivity index (χ0v) is 19.8. The molecule has 0 aromatic heterocycles. The molecule has 6 nitrogen and oxygen atoms in total. The highest BCUT2D eigenvalue weighted by Crippen LogP contribution is 2.44. The Morgan fingerprint density at radius 2 is 1.64 bits per heavy atom. The van der Waals surface area contributed by atoms with E-state index in [1.54, 1.807) is 12.1 Å². The van der Waals surface area contributed by atoms with E-state index in [9.17, 15) is 9.59 Å². The molecule has 4 atom stereocenters. The van der Waals surface area contributed by atoms with E-state index in [0.717, 1.165) is 43.5 Å². The minimum Gasteiger partial charge on any atom is -0.494 e. The quantitative estimate of drug-likeness (QED) is 0.456. The normalized spacial score (nSPS) is 23.2. The largest absolute Gasteiger partial charge is 0.494 e. The van der Waals surface area contributed by atoms with Crippen molar-refractivity contribution in [3.8, 4) is 5.75 Å². The van der Waals surface area contributed by atoms with Gasteiger partial charge in [-0.25, -0.2) is 9.96 Å². The van der Waals surface area contributed by atoms with Gasteiger partial charge in [-0.1, -0.05) is 58.2 Å². The second-order valence-electron chi connectivity index (χ2n) is 8.87. The van der Waals surface area contributed by atoms with Crippen LogP contribution in [0.15, 0.2) is 54.6 Å². The molecule has 2 aliphatic rings. The van der Waals surface area contributed by atoms with Crippen molar-refractivity contribution < 1.29 is 19.2 Å². The number of anilines is 2. The standard InChI is InChI=1S/C27H34N2O4/c1-4-7-11-19(6-3)24-23-25(33-29(24)21-12-9-8-10-13-21)27(31)28(26(23)30)20-14-16-22(17-15-20)32-18-5-2/h8-10,12-17,19,23-25H,4-7,11,18H2,1-3H3/t19-,23+,24+,25+/m0/s1. The van der Waals surface area contributed by atoms with Gasteiger partial charge in [-0.05, 0) is 55.2 Å². The van der Waals surface area contributed by atoms with Crippen LogP contribution in [-0.2, 0) is 14.4 Å². The highest BCUT2D eigenvalue weighted by Gasteiger charge is 2.61. The van der Waals surface area contributed by atoms with Crippen molar-refractivity contribution in [3.63, 3.8) is 0 Å². The summed E-state index contributed by atoms with van der Waals surface area (Å²) < 4.78 is 5.64. The Labute approximate surface area is 196 Å². The Hall–Kier alpha value is -2.86. The summed E-state index contributed by atoms with van der Waals surface area (Å²) in [6.07, 6.45) is 4.22. The van der Waals surface area contributed by atoms with Crippen molar-refractivity contribution in [3.05, 3.63) is 54.6 Å². The molecular formula is C27H34N2O4. The highest BCUT2D eigenvalue weighted by molar-refractivity contribution is 6.23. The summed E-state index contributed by atoms with van der Waals surface area (Å²) in [4.78, 5) is 34.7. The maximum Gasteiger partial charge on any atom is 0.266 e. The van der Waals surface area contributed by atoms with E-state index >= 15 is 0 Å². The maximum atomic E-state index is 13.7. The van der Waals surface area contributed by atoms with Crippen molar-refractivity contribution in [2.24, 2.45) is 11.8 Å². The Kier molecular flexibility index (Phi) is 7.33. The summed E-state index contributed by atoms with van der Waals surface area (Å²) in [5.74, 6) is -0.00121.